The van der Waals surface area contributed by atoms with E-state index in [1.54, 1.807) is 0 Å². The summed E-state index contributed by atoms with van der Waals surface area (Å²) in [6.07, 6.45) is 2.75. The van der Waals surface area contributed by atoms with Gasteiger partial charge in [-0.3, -0.25) is 0 Å². The van der Waals surface area contributed by atoms with Crippen LogP contribution in [-0.2, 0) is 19.3 Å². The Morgan fingerprint density at radius 1 is 0.293 bits per heavy atom. The van der Waals surface area contributed by atoms with Crippen molar-refractivity contribution in [1.29, 1.82) is 0 Å². The van der Waals surface area contributed by atoms with Gasteiger partial charge in [-0.05, 0) is 68.2 Å². The van der Waals surface area contributed by atoms with Gasteiger partial charge in [0.15, 0.2) is 0 Å². The highest BCUT2D eigenvalue weighted by molar-refractivity contribution is 7.40. The summed E-state index contributed by atoms with van der Waals surface area (Å²) in [6, 6.07) is 58.9. The van der Waals surface area contributed by atoms with Crippen LogP contribution < -0.4 is 15.6 Å². The third kappa shape index (κ3) is 6.43. The van der Waals surface area contributed by atoms with Crippen molar-refractivity contribution in [2.45, 2.75) is 19.3 Å². The lowest BCUT2D eigenvalue weighted by Gasteiger charge is -2.27. The van der Waals surface area contributed by atoms with E-state index in [4.69, 9.17) is 11.1 Å². The van der Waals surface area contributed by atoms with E-state index in [9.17, 15) is 0 Å². The lowest BCUT2D eigenvalue weighted by molar-refractivity contribution is 1.19. The summed E-state index contributed by atoms with van der Waals surface area (Å²) < 4.78 is 0. The highest BCUT2D eigenvalue weighted by Gasteiger charge is 2.38. The SMILES string of the molecule is Cl[Si](c1ccc(Cc2ccccc2)cc1)(c1ccc(Cc2ccccc2)cc1)c1ccc(Cc2ccccc2)cc1. The molecule has 0 saturated carbocycles. The molecule has 0 unspecified atom stereocenters. The van der Waals surface area contributed by atoms with Crippen molar-refractivity contribution in [2.75, 3.05) is 0 Å². The van der Waals surface area contributed by atoms with Crippen LogP contribution in [-0.4, -0.2) is 7.38 Å². The summed E-state index contributed by atoms with van der Waals surface area (Å²) in [6.45, 7) is 0. The minimum atomic E-state index is -2.75. The van der Waals surface area contributed by atoms with E-state index in [2.05, 4.69) is 164 Å². The summed E-state index contributed by atoms with van der Waals surface area (Å²) in [4.78, 5) is 0. The average Bonchev–Trinajstić information content (AvgIpc) is 3.03. The van der Waals surface area contributed by atoms with Crippen LogP contribution in [0.3, 0.4) is 0 Å². The Kier molecular flexibility index (Phi) is 8.28. The normalized spacial score (nSPS) is 11.3. The third-order valence-corrected chi connectivity index (χ3v) is 13.2. The maximum absolute atomic E-state index is 7.89. The fraction of sp³-hybridized carbons (Fsp3) is 0.0769. The molecule has 41 heavy (non-hydrogen) atoms. The van der Waals surface area contributed by atoms with Crippen LogP contribution in [0.4, 0.5) is 0 Å². The quantitative estimate of drug-likeness (QED) is 0.0960. The van der Waals surface area contributed by atoms with Crippen molar-refractivity contribution in [2.24, 2.45) is 0 Å². The summed E-state index contributed by atoms with van der Waals surface area (Å²) in [5.41, 5.74) is 7.84. The van der Waals surface area contributed by atoms with Crippen LogP contribution in [0.1, 0.15) is 33.4 Å². The van der Waals surface area contributed by atoms with Crippen LogP contribution in [0.2, 0.25) is 0 Å². The maximum atomic E-state index is 7.89. The highest BCUT2D eigenvalue weighted by Crippen LogP contribution is 2.17. The van der Waals surface area contributed by atoms with Gasteiger partial charge in [0, 0.05) is 0 Å². The molecule has 6 aromatic rings. The fourth-order valence-corrected chi connectivity index (χ4v) is 9.56. The van der Waals surface area contributed by atoms with Gasteiger partial charge in [0.25, 0.3) is 0 Å². The molecule has 0 aliphatic carbocycles. The number of hydrogen-bond acceptors (Lipinski definition) is 0. The number of hydrogen-bond donors (Lipinski definition) is 0. The van der Waals surface area contributed by atoms with E-state index < -0.39 is 7.38 Å². The van der Waals surface area contributed by atoms with Crippen LogP contribution in [0, 0.1) is 0 Å². The second-order valence-electron chi connectivity index (χ2n) is 10.7. The van der Waals surface area contributed by atoms with E-state index in [0.29, 0.717) is 0 Å². The van der Waals surface area contributed by atoms with Crippen molar-refractivity contribution in [3.8, 4) is 0 Å². The third-order valence-electron chi connectivity index (χ3n) is 7.81. The van der Waals surface area contributed by atoms with Gasteiger partial charge < -0.3 is 0 Å². The summed E-state index contributed by atoms with van der Waals surface area (Å²) in [5.74, 6) is 0. The van der Waals surface area contributed by atoms with Crippen molar-refractivity contribution < 1.29 is 0 Å². The molecule has 0 spiro atoms. The van der Waals surface area contributed by atoms with Crippen LogP contribution in [0.25, 0.3) is 0 Å². The lowest BCUT2D eigenvalue weighted by atomic mass is 10.1. The molecule has 200 valence electrons. The number of halogens is 1. The molecular weight excluding hydrogens is 532 g/mol. The zero-order valence-corrected chi connectivity index (χ0v) is 24.8. The molecular formula is C39H33ClSi. The van der Waals surface area contributed by atoms with Gasteiger partial charge in [-0.15, -0.1) is 11.1 Å². The Morgan fingerprint density at radius 3 is 0.756 bits per heavy atom. The van der Waals surface area contributed by atoms with Gasteiger partial charge in [-0.2, -0.15) is 0 Å². The Bertz CT molecular complexity index is 1460. The highest BCUT2D eigenvalue weighted by atomic mass is 35.6. The molecule has 0 N–H and O–H groups in total. The lowest BCUT2D eigenvalue weighted by Crippen LogP contribution is -2.62. The molecule has 0 aliphatic rings. The van der Waals surface area contributed by atoms with Gasteiger partial charge in [0.1, 0.15) is 0 Å². The number of benzene rings is 6. The predicted octanol–water partition coefficient (Wildman–Crippen LogP) is 7.66. The van der Waals surface area contributed by atoms with Crippen molar-refractivity contribution in [1.82, 2.24) is 0 Å². The van der Waals surface area contributed by atoms with Gasteiger partial charge in [-0.25, -0.2) is 0 Å². The molecule has 0 aliphatic heterocycles. The van der Waals surface area contributed by atoms with E-state index in [0.717, 1.165) is 19.3 Å². The van der Waals surface area contributed by atoms with Crippen molar-refractivity contribution in [3.05, 3.63) is 197 Å². The monoisotopic (exact) mass is 564 g/mol. The van der Waals surface area contributed by atoms with Gasteiger partial charge >= 0.3 is 0 Å². The molecule has 0 nitrogen and oxygen atoms in total. The Labute approximate surface area is 249 Å². The first-order valence-electron chi connectivity index (χ1n) is 14.3. The molecule has 0 atom stereocenters. The van der Waals surface area contributed by atoms with E-state index in [1.165, 1.54) is 48.9 Å². The standard InChI is InChI=1S/C39H33ClSi/c40-41(37-22-16-34(17-23-37)28-31-10-4-1-5-11-31,38-24-18-35(19-25-38)29-32-12-6-2-7-13-32)39-26-20-36(21-27-39)30-33-14-8-3-9-15-33/h1-27H,28-30H2. The van der Waals surface area contributed by atoms with Gasteiger partial charge in [0.2, 0.25) is 7.38 Å². The smallest absolute Gasteiger partial charge is 0.149 e. The summed E-state index contributed by atoms with van der Waals surface area (Å²) >= 11 is 7.89. The first-order valence-corrected chi connectivity index (χ1v) is 17.3. The minimum Gasteiger partial charge on any atom is -0.149 e. The van der Waals surface area contributed by atoms with Crippen LogP contribution >= 0.6 is 11.1 Å². The molecule has 0 saturated heterocycles. The topological polar surface area (TPSA) is 0 Å². The Balaban J connectivity index is 1.33. The number of rotatable bonds is 9. The molecule has 0 bridgehead atoms. The first-order chi connectivity index (χ1) is 20.2. The molecule has 0 heterocycles. The van der Waals surface area contributed by atoms with Gasteiger partial charge in [0.05, 0.1) is 0 Å². The van der Waals surface area contributed by atoms with E-state index >= 15 is 0 Å². The molecule has 0 fully saturated rings. The molecule has 0 radical (unpaired) electrons. The molecule has 0 aromatic heterocycles. The van der Waals surface area contributed by atoms with Crippen LogP contribution in [0.5, 0.6) is 0 Å². The van der Waals surface area contributed by atoms with Crippen molar-refractivity contribution >= 4 is 34.0 Å². The molecule has 2 heteroatoms. The summed E-state index contributed by atoms with van der Waals surface area (Å²) in [7, 11) is -2.75. The van der Waals surface area contributed by atoms with Crippen LogP contribution in [0.15, 0.2) is 164 Å². The molecule has 0 amide bonds. The zero-order chi connectivity index (χ0) is 27.9. The van der Waals surface area contributed by atoms with Crippen molar-refractivity contribution in [3.63, 3.8) is 0 Å². The fourth-order valence-electron chi connectivity index (χ4n) is 5.55. The maximum Gasteiger partial charge on any atom is 0.247 e. The van der Waals surface area contributed by atoms with E-state index in [1.807, 2.05) is 0 Å². The zero-order valence-electron chi connectivity index (χ0n) is 23.1. The molecule has 6 aromatic carbocycles. The Hall–Kier alpha value is -4.17. The second-order valence-corrected chi connectivity index (χ2v) is 15.5. The first kappa shape index (κ1) is 27.0. The second kappa shape index (κ2) is 12.6. The minimum absolute atomic E-state index is 0.917. The Morgan fingerprint density at radius 2 is 0.512 bits per heavy atom. The largest absolute Gasteiger partial charge is 0.247 e. The van der Waals surface area contributed by atoms with E-state index in [-0.39, 0.29) is 0 Å². The van der Waals surface area contributed by atoms with Gasteiger partial charge in [-0.1, -0.05) is 164 Å². The predicted molar refractivity (Wildman–Crippen MR) is 178 cm³/mol. The average molecular weight is 565 g/mol. The summed E-state index contributed by atoms with van der Waals surface area (Å²) in [5, 5.41) is 3.63. The molecule has 6 rings (SSSR count).